The summed E-state index contributed by atoms with van der Waals surface area (Å²) in [5.41, 5.74) is 2.26. The van der Waals surface area contributed by atoms with Crippen LogP contribution in [0.15, 0.2) is 54.9 Å². The molecule has 118 valence electrons. The molecule has 0 aliphatic carbocycles. The van der Waals surface area contributed by atoms with Crippen LogP contribution in [0.25, 0.3) is 0 Å². The average molecular weight is 300 g/mol. The number of aromatic nitrogens is 1. The van der Waals surface area contributed by atoms with Gasteiger partial charge in [0, 0.05) is 25.0 Å². The van der Waals surface area contributed by atoms with E-state index in [1.807, 2.05) is 55.7 Å². The molecule has 0 saturated carbocycles. The molecule has 2 atom stereocenters. The summed E-state index contributed by atoms with van der Waals surface area (Å²) in [5, 5.41) is 10.1. The van der Waals surface area contributed by atoms with Crippen LogP contribution in [0.1, 0.15) is 24.1 Å². The molecule has 0 unspecified atom stereocenters. The minimum atomic E-state index is -0.507. The summed E-state index contributed by atoms with van der Waals surface area (Å²) in [5.74, 6) is 0. The van der Waals surface area contributed by atoms with Crippen LogP contribution in [0, 0.1) is 0 Å². The third-order valence-corrected chi connectivity index (χ3v) is 3.75. The van der Waals surface area contributed by atoms with Crippen molar-refractivity contribution < 1.29 is 9.84 Å². The first-order valence-corrected chi connectivity index (χ1v) is 7.56. The summed E-state index contributed by atoms with van der Waals surface area (Å²) in [6.45, 7) is 3.53. The van der Waals surface area contributed by atoms with Crippen molar-refractivity contribution in [2.45, 2.75) is 25.7 Å². The van der Waals surface area contributed by atoms with Gasteiger partial charge in [-0.1, -0.05) is 36.4 Å². The van der Waals surface area contributed by atoms with Gasteiger partial charge in [-0.3, -0.25) is 9.88 Å². The highest BCUT2D eigenvalue weighted by atomic mass is 16.5. The van der Waals surface area contributed by atoms with Crippen molar-refractivity contribution in [1.82, 2.24) is 9.88 Å². The second-order valence-electron chi connectivity index (χ2n) is 5.56. The second kappa shape index (κ2) is 8.63. The molecule has 4 nitrogen and oxygen atoms in total. The lowest BCUT2D eigenvalue weighted by molar-refractivity contribution is 0.00852. The Bertz CT molecular complexity index is 533. The van der Waals surface area contributed by atoms with Crippen molar-refractivity contribution >= 4 is 0 Å². The van der Waals surface area contributed by atoms with E-state index in [0.717, 1.165) is 11.1 Å². The largest absolute Gasteiger partial charge is 0.389 e. The van der Waals surface area contributed by atoms with Gasteiger partial charge in [0.05, 0.1) is 19.3 Å². The van der Waals surface area contributed by atoms with Gasteiger partial charge < -0.3 is 9.84 Å². The first-order valence-electron chi connectivity index (χ1n) is 7.56. The number of nitrogens with zero attached hydrogens (tertiary/aromatic N) is 2. The van der Waals surface area contributed by atoms with E-state index < -0.39 is 6.10 Å². The number of aliphatic hydroxyl groups excluding tert-OH is 1. The quantitative estimate of drug-likeness (QED) is 0.814. The first kappa shape index (κ1) is 16.6. The number of aliphatic hydroxyl groups is 1. The van der Waals surface area contributed by atoms with E-state index in [1.165, 1.54) is 0 Å². The minimum Gasteiger partial charge on any atom is -0.389 e. The Morgan fingerprint density at radius 3 is 2.64 bits per heavy atom. The number of benzene rings is 1. The second-order valence-corrected chi connectivity index (χ2v) is 5.56. The Hall–Kier alpha value is -1.75. The molecule has 1 aromatic carbocycles. The SMILES string of the molecule is C[C@@H](c1cccnc1)N(C)C[C@H](O)COCc1ccccc1. The van der Waals surface area contributed by atoms with E-state index in [4.69, 9.17) is 4.74 Å². The highest BCUT2D eigenvalue weighted by molar-refractivity contribution is 5.14. The molecule has 1 N–H and O–H groups in total. The van der Waals surface area contributed by atoms with Gasteiger partial charge in [-0.05, 0) is 31.2 Å². The molecule has 4 heteroatoms. The Morgan fingerprint density at radius 1 is 1.18 bits per heavy atom. The third-order valence-electron chi connectivity index (χ3n) is 3.75. The molecule has 0 saturated heterocycles. The highest BCUT2D eigenvalue weighted by Crippen LogP contribution is 2.17. The van der Waals surface area contributed by atoms with E-state index in [1.54, 1.807) is 6.20 Å². The van der Waals surface area contributed by atoms with Gasteiger partial charge >= 0.3 is 0 Å². The van der Waals surface area contributed by atoms with Crippen LogP contribution >= 0.6 is 0 Å². The Labute approximate surface area is 132 Å². The van der Waals surface area contributed by atoms with Crippen LogP contribution in [-0.4, -0.2) is 41.3 Å². The van der Waals surface area contributed by atoms with Crippen LogP contribution in [0.5, 0.6) is 0 Å². The van der Waals surface area contributed by atoms with Crippen LogP contribution in [0.2, 0.25) is 0 Å². The first-order chi connectivity index (χ1) is 10.7. The van der Waals surface area contributed by atoms with Crippen molar-refractivity contribution in [3.63, 3.8) is 0 Å². The predicted molar refractivity (Wildman–Crippen MR) is 87.4 cm³/mol. The summed E-state index contributed by atoms with van der Waals surface area (Å²) in [6.07, 6.45) is 3.12. The molecule has 0 fully saturated rings. The summed E-state index contributed by atoms with van der Waals surface area (Å²) in [4.78, 5) is 6.24. The fraction of sp³-hybridized carbons (Fsp3) is 0.389. The molecule has 2 aromatic rings. The van der Waals surface area contributed by atoms with Crippen molar-refractivity contribution in [2.75, 3.05) is 20.2 Å². The zero-order valence-electron chi connectivity index (χ0n) is 13.2. The highest BCUT2D eigenvalue weighted by Gasteiger charge is 2.15. The fourth-order valence-corrected chi connectivity index (χ4v) is 2.31. The molecule has 2 rings (SSSR count). The van der Waals surface area contributed by atoms with Crippen molar-refractivity contribution in [2.24, 2.45) is 0 Å². The lowest BCUT2D eigenvalue weighted by Gasteiger charge is -2.27. The monoisotopic (exact) mass is 300 g/mol. The molecule has 0 spiro atoms. The van der Waals surface area contributed by atoms with E-state index in [9.17, 15) is 5.11 Å². The predicted octanol–water partition coefficient (Wildman–Crippen LogP) is 2.65. The van der Waals surface area contributed by atoms with Gasteiger partial charge in [-0.15, -0.1) is 0 Å². The number of pyridine rings is 1. The van der Waals surface area contributed by atoms with Crippen LogP contribution < -0.4 is 0 Å². The number of rotatable bonds is 8. The van der Waals surface area contributed by atoms with Gasteiger partial charge in [0.2, 0.25) is 0 Å². The van der Waals surface area contributed by atoms with E-state index in [-0.39, 0.29) is 6.04 Å². The number of hydrogen-bond donors (Lipinski definition) is 1. The normalized spacial score (nSPS) is 14.0. The van der Waals surface area contributed by atoms with Crippen LogP contribution in [0.4, 0.5) is 0 Å². The maximum atomic E-state index is 10.1. The molecular formula is C18H24N2O2. The van der Waals surface area contributed by atoms with Gasteiger partial charge in [-0.2, -0.15) is 0 Å². The maximum Gasteiger partial charge on any atom is 0.0900 e. The summed E-state index contributed by atoms with van der Waals surface area (Å²) < 4.78 is 5.58. The Kier molecular flexibility index (Phi) is 6.52. The fourth-order valence-electron chi connectivity index (χ4n) is 2.31. The summed E-state index contributed by atoms with van der Waals surface area (Å²) in [6, 6.07) is 14.2. The maximum absolute atomic E-state index is 10.1. The topological polar surface area (TPSA) is 45.6 Å². The molecule has 0 bridgehead atoms. The van der Waals surface area contributed by atoms with Crippen molar-refractivity contribution in [3.8, 4) is 0 Å². The van der Waals surface area contributed by atoms with Crippen LogP contribution in [0.3, 0.4) is 0 Å². The molecule has 0 aliphatic rings. The lowest BCUT2D eigenvalue weighted by atomic mass is 10.1. The van der Waals surface area contributed by atoms with E-state index in [2.05, 4.69) is 16.8 Å². The molecule has 1 heterocycles. The van der Waals surface area contributed by atoms with Crippen molar-refractivity contribution in [1.29, 1.82) is 0 Å². The zero-order chi connectivity index (χ0) is 15.8. The molecule has 22 heavy (non-hydrogen) atoms. The van der Waals surface area contributed by atoms with Gasteiger partial charge in [0.15, 0.2) is 0 Å². The summed E-state index contributed by atoms with van der Waals surface area (Å²) in [7, 11) is 2.00. The van der Waals surface area contributed by atoms with E-state index >= 15 is 0 Å². The van der Waals surface area contributed by atoms with Gasteiger partial charge in [-0.25, -0.2) is 0 Å². The van der Waals surface area contributed by atoms with Gasteiger partial charge in [0.25, 0.3) is 0 Å². The molecule has 0 amide bonds. The van der Waals surface area contributed by atoms with Crippen molar-refractivity contribution in [3.05, 3.63) is 66.0 Å². The number of hydrogen-bond acceptors (Lipinski definition) is 4. The summed E-state index contributed by atoms with van der Waals surface area (Å²) >= 11 is 0. The molecular weight excluding hydrogens is 276 g/mol. The van der Waals surface area contributed by atoms with E-state index in [0.29, 0.717) is 19.8 Å². The molecule has 0 aliphatic heterocycles. The zero-order valence-corrected chi connectivity index (χ0v) is 13.2. The third kappa shape index (κ3) is 5.22. The lowest BCUT2D eigenvalue weighted by Crippen LogP contribution is -2.34. The molecule has 0 radical (unpaired) electrons. The standard InChI is InChI=1S/C18H24N2O2/c1-15(17-9-6-10-19-11-17)20(2)12-18(21)14-22-13-16-7-4-3-5-8-16/h3-11,15,18,21H,12-14H2,1-2H3/t15-,18-/m0/s1. The molecule has 1 aromatic heterocycles. The average Bonchev–Trinajstić information content (AvgIpc) is 2.56. The minimum absolute atomic E-state index is 0.206. The van der Waals surface area contributed by atoms with Gasteiger partial charge in [0.1, 0.15) is 0 Å². The Morgan fingerprint density at radius 2 is 1.95 bits per heavy atom. The smallest absolute Gasteiger partial charge is 0.0900 e. The number of ether oxygens (including phenoxy) is 1. The Balaban J connectivity index is 1.73. The number of likely N-dealkylation sites (N-methyl/N-ethyl adjacent to an activating group) is 1. The van der Waals surface area contributed by atoms with Crippen LogP contribution in [-0.2, 0) is 11.3 Å².